The average molecular weight is 276 g/mol. The lowest BCUT2D eigenvalue weighted by molar-refractivity contribution is -0.123. The molecule has 1 amide bonds. The Morgan fingerprint density at radius 2 is 2.00 bits per heavy atom. The van der Waals surface area contributed by atoms with Crippen LogP contribution in [0.3, 0.4) is 0 Å². The van der Waals surface area contributed by atoms with Crippen LogP contribution in [0.2, 0.25) is 0 Å². The fourth-order valence-corrected chi connectivity index (χ4v) is 2.38. The van der Waals surface area contributed by atoms with Crippen molar-refractivity contribution in [2.75, 3.05) is 32.8 Å². The van der Waals surface area contributed by atoms with Crippen molar-refractivity contribution in [1.29, 1.82) is 0 Å². The van der Waals surface area contributed by atoms with Crippen LogP contribution in [-0.2, 0) is 16.0 Å². The average Bonchev–Trinajstić information content (AvgIpc) is 2.47. The fourth-order valence-electron chi connectivity index (χ4n) is 2.38. The topological polar surface area (TPSA) is 41.6 Å². The summed E-state index contributed by atoms with van der Waals surface area (Å²) in [4.78, 5) is 14.1. The second-order valence-corrected chi connectivity index (χ2v) is 5.38. The van der Waals surface area contributed by atoms with Crippen molar-refractivity contribution in [3.63, 3.8) is 0 Å². The van der Waals surface area contributed by atoms with E-state index in [1.807, 2.05) is 6.07 Å². The summed E-state index contributed by atoms with van der Waals surface area (Å²) in [5.41, 5.74) is 1.32. The Morgan fingerprint density at radius 3 is 2.70 bits per heavy atom. The molecule has 4 heteroatoms. The Hall–Kier alpha value is -1.39. The molecule has 1 aromatic rings. The number of ether oxygens (including phenoxy) is 1. The molecule has 20 heavy (non-hydrogen) atoms. The largest absolute Gasteiger partial charge is 0.379 e. The molecule has 1 N–H and O–H groups in total. The molecule has 1 aliphatic rings. The maximum atomic E-state index is 11.9. The highest BCUT2D eigenvalue weighted by atomic mass is 16.5. The van der Waals surface area contributed by atoms with Crippen LogP contribution < -0.4 is 5.32 Å². The van der Waals surface area contributed by atoms with Crippen molar-refractivity contribution in [3.8, 4) is 0 Å². The second-order valence-electron chi connectivity index (χ2n) is 5.38. The van der Waals surface area contributed by atoms with E-state index in [1.165, 1.54) is 5.56 Å². The normalized spacial score (nSPS) is 17.6. The van der Waals surface area contributed by atoms with Crippen LogP contribution in [0.1, 0.15) is 18.9 Å². The van der Waals surface area contributed by atoms with Gasteiger partial charge >= 0.3 is 0 Å². The summed E-state index contributed by atoms with van der Waals surface area (Å²) >= 11 is 0. The summed E-state index contributed by atoms with van der Waals surface area (Å²) in [6, 6.07) is 10.6. The van der Waals surface area contributed by atoms with Gasteiger partial charge in [0.1, 0.15) is 0 Å². The van der Waals surface area contributed by atoms with Gasteiger partial charge in [-0.2, -0.15) is 0 Å². The van der Waals surface area contributed by atoms with Gasteiger partial charge in [0.25, 0.3) is 0 Å². The molecule has 2 rings (SSSR count). The van der Waals surface area contributed by atoms with Gasteiger partial charge < -0.3 is 10.1 Å². The van der Waals surface area contributed by atoms with Crippen LogP contribution in [0.25, 0.3) is 0 Å². The fraction of sp³-hybridized carbons (Fsp3) is 0.562. The standard InChI is InChI=1S/C16H24N2O2/c1-14(7-8-15-5-3-2-4-6-15)17-16(19)13-18-9-11-20-12-10-18/h2-6,14H,7-13H2,1H3,(H,17,19)/t14-/m0/s1. The number of nitrogens with zero attached hydrogens (tertiary/aromatic N) is 1. The van der Waals surface area contributed by atoms with Gasteiger partial charge in [-0.05, 0) is 25.3 Å². The number of aryl methyl sites for hydroxylation is 1. The molecule has 4 nitrogen and oxygen atoms in total. The summed E-state index contributed by atoms with van der Waals surface area (Å²) in [5, 5.41) is 3.08. The van der Waals surface area contributed by atoms with Crippen molar-refractivity contribution in [3.05, 3.63) is 35.9 Å². The van der Waals surface area contributed by atoms with Gasteiger partial charge in [0.15, 0.2) is 0 Å². The Labute approximate surface area is 121 Å². The van der Waals surface area contributed by atoms with Crippen LogP contribution in [-0.4, -0.2) is 49.7 Å². The Bertz CT molecular complexity index is 402. The number of benzene rings is 1. The first-order valence-corrected chi connectivity index (χ1v) is 7.37. The summed E-state index contributed by atoms with van der Waals surface area (Å²) in [5.74, 6) is 0.118. The highest BCUT2D eigenvalue weighted by Gasteiger charge is 2.15. The molecule has 0 spiro atoms. The molecule has 1 heterocycles. The Balaban J connectivity index is 1.65. The zero-order valence-corrected chi connectivity index (χ0v) is 12.2. The molecule has 1 aromatic carbocycles. The number of carbonyl (C=O) groups excluding carboxylic acids is 1. The van der Waals surface area contributed by atoms with Crippen LogP contribution in [0.5, 0.6) is 0 Å². The van der Waals surface area contributed by atoms with E-state index in [1.54, 1.807) is 0 Å². The molecular weight excluding hydrogens is 252 g/mol. The van der Waals surface area contributed by atoms with Gasteiger partial charge in [-0.3, -0.25) is 9.69 Å². The summed E-state index contributed by atoms with van der Waals surface area (Å²) in [6.07, 6.45) is 1.97. The summed E-state index contributed by atoms with van der Waals surface area (Å²) in [7, 11) is 0. The number of hydrogen-bond donors (Lipinski definition) is 1. The minimum atomic E-state index is 0.118. The first kappa shape index (κ1) is 15.0. The summed E-state index contributed by atoms with van der Waals surface area (Å²) < 4.78 is 5.28. The maximum Gasteiger partial charge on any atom is 0.234 e. The van der Waals surface area contributed by atoms with Gasteiger partial charge in [0, 0.05) is 19.1 Å². The van der Waals surface area contributed by atoms with Crippen LogP contribution >= 0.6 is 0 Å². The third kappa shape index (κ3) is 5.31. The lowest BCUT2D eigenvalue weighted by Gasteiger charge is -2.26. The quantitative estimate of drug-likeness (QED) is 0.855. The van der Waals surface area contributed by atoms with Gasteiger partial charge in [-0.25, -0.2) is 0 Å². The van der Waals surface area contributed by atoms with E-state index in [0.29, 0.717) is 6.54 Å². The van der Waals surface area contributed by atoms with E-state index in [2.05, 4.69) is 41.4 Å². The van der Waals surface area contributed by atoms with E-state index >= 15 is 0 Å². The maximum absolute atomic E-state index is 11.9. The Kier molecular flexibility index (Phi) is 6.02. The van der Waals surface area contributed by atoms with Gasteiger partial charge in [0.2, 0.25) is 5.91 Å². The van der Waals surface area contributed by atoms with E-state index in [9.17, 15) is 4.79 Å². The molecule has 110 valence electrons. The van der Waals surface area contributed by atoms with E-state index in [0.717, 1.165) is 39.1 Å². The molecule has 1 atom stereocenters. The number of amides is 1. The molecule has 0 bridgehead atoms. The first-order valence-electron chi connectivity index (χ1n) is 7.37. The van der Waals surface area contributed by atoms with E-state index in [4.69, 9.17) is 4.74 Å². The predicted octanol–water partition coefficient (Wildman–Crippen LogP) is 1.46. The SMILES string of the molecule is C[C@@H](CCc1ccccc1)NC(=O)CN1CCOCC1. The van der Waals surface area contributed by atoms with Crippen molar-refractivity contribution < 1.29 is 9.53 Å². The molecule has 1 fully saturated rings. The number of rotatable bonds is 6. The molecule has 1 aliphatic heterocycles. The monoisotopic (exact) mass is 276 g/mol. The summed E-state index contributed by atoms with van der Waals surface area (Å²) in [6.45, 7) is 5.73. The van der Waals surface area contributed by atoms with Gasteiger partial charge in [-0.1, -0.05) is 30.3 Å². The molecular formula is C16H24N2O2. The minimum absolute atomic E-state index is 0.118. The highest BCUT2D eigenvalue weighted by molar-refractivity contribution is 5.78. The van der Waals surface area contributed by atoms with Crippen molar-refractivity contribution >= 4 is 5.91 Å². The first-order chi connectivity index (χ1) is 9.74. The highest BCUT2D eigenvalue weighted by Crippen LogP contribution is 2.05. The van der Waals surface area contributed by atoms with Crippen LogP contribution in [0, 0.1) is 0 Å². The lowest BCUT2D eigenvalue weighted by Crippen LogP contribution is -2.45. The molecule has 0 aliphatic carbocycles. The third-order valence-corrected chi connectivity index (χ3v) is 3.59. The third-order valence-electron chi connectivity index (χ3n) is 3.59. The van der Waals surface area contributed by atoms with Crippen molar-refractivity contribution in [1.82, 2.24) is 10.2 Å². The molecule has 0 saturated carbocycles. The van der Waals surface area contributed by atoms with Gasteiger partial charge in [0.05, 0.1) is 19.8 Å². The van der Waals surface area contributed by atoms with Crippen LogP contribution in [0.4, 0.5) is 0 Å². The van der Waals surface area contributed by atoms with Crippen LogP contribution in [0.15, 0.2) is 30.3 Å². The zero-order chi connectivity index (χ0) is 14.2. The van der Waals surface area contributed by atoms with Gasteiger partial charge in [-0.15, -0.1) is 0 Å². The van der Waals surface area contributed by atoms with E-state index < -0.39 is 0 Å². The van der Waals surface area contributed by atoms with Crippen molar-refractivity contribution in [2.45, 2.75) is 25.8 Å². The second kappa shape index (κ2) is 8.02. The molecule has 0 aromatic heterocycles. The lowest BCUT2D eigenvalue weighted by atomic mass is 10.1. The molecule has 1 saturated heterocycles. The number of morpholine rings is 1. The molecule has 0 radical (unpaired) electrons. The number of carbonyl (C=O) groups is 1. The zero-order valence-electron chi connectivity index (χ0n) is 12.2. The number of nitrogens with one attached hydrogen (secondary N) is 1. The minimum Gasteiger partial charge on any atom is -0.379 e. The predicted molar refractivity (Wildman–Crippen MR) is 79.6 cm³/mol. The van der Waals surface area contributed by atoms with Crippen molar-refractivity contribution in [2.24, 2.45) is 0 Å². The Morgan fingerprint density at radius 1 is 1.30 bits per heavy atom. The smallest absolute Gasteiger partial charge is 0.234 e. The molecule has 0 unspecified atom stereocenters. The number of hydrogen-bond acceptors (Lipinski definition) is 3. The van der Waals surface area contributed by atoms with E-state index in [-0.39, 0.29) is 11.9 Å².